The number of aldehydes is 1. The average molecular weight is 222 g/mol. The molecule has 0 bridgehead atoms. The molecular formula is C12H14O4. The molecule has 0 heterocycles. The fraction of sp³-hybridized carbons (Fsp3) is 0.333. The Kier molecular flexibility index (Phi) is 3.66. The first-order valence-corrected chi connectivity index (χ1v) is 4.95. The maximum Gasteiger partial charge on any atom is 0.335 e. The molecule has 4 heteroatoms. The standard InChI is InChI=1S/C12H14O4/c1-7(2)16-11-8(3)4-9(12(14)15)5-10(11)6-13/h4-7H,1-3H3,(H,14,15). The second-order valence-corrected chi connectivity index (χ2v) is 3.80. The van der Waals surface area contributed by atoms with Gasteiger partial charge in [-0.3, -0.25) is 4.79 Å². The summed E-state index contributed by atoms with van der Waals surface area (Å²) in [6, 6.07) is 2.81. The van der Waals surface area contributed by atoms with Crippen LogP contribution >= 0.6 is 0 Å². The van der Waals surface area contributed by atoms with Crippen molar-refractivity contribution in [2.24, 2.45) is 0 Å². The molecule has 0 aliphatic rings. The number of rotatable bonds is 4. The summed E-state index contributed by atoms with van der Waals surface area (Å²) in [5, 5.41) is 8.85. The van der Waals surface area contributed by atoms with E-state index in [9.17, 15) is 9.59 Å². The Balaban J connectivity index is 3.28. The van der Waals surface area contributed by atoms with Crippen molar-refractivity contribution in [3.63, 3.8) is 0 Å². The van der Waals surface area contributed by atoms with E-state index >= 15 is 0 Å². The van der Waals surface area contributed by atoms with Crippen LogP contribution in [0.4, 0.5) is 0 Å². The molecule has 1 aromatic rings. The largest absolute Gasteiger partial charge is 0.490 e. The summed E-state index contributed by atoms with van der Waals surface area (Å²) in [5.74, 6) is -0.600. The molecule has 0 amide bonds. The molecule has 1 rings (SSSR count). The molecular weight excluding hydrogens is 208 g/mol. The van der Waals surface area contributed by atoms with Gasteiger partial charge in [0.15, 0.2) is 6.29 Å². The molecule has 0 aromatic heterocycles. The molecule has 0 unspecified atom stereocenters. The predicted octanol–water partition coefficient (Wildman–Crippen LogP) is 2.29. The molecule has 1 aromatic carbocycles. The van der Waals surface area contributed by atoms with E-state index in [-0.39, 0.29) is 17.2 Å². The Bertz CT molecular complexity index is 421. The summed E-state index contributed by atoms with van der Waals surface area (Å²) in [4.78, 5) is 21.7. The van der Waals surface area contributed by atoms with Gasteiger partial charge >= 0.3 is 5.97 Å². The van der Waals surface area contributed by atoms with E-state index in [1.54, 1.807) is 6.92 Å². The minimum absolute atomic E-state index is 0.0620. The van der Waals surface area contributed by atoms with Gasteiger partial charge in [-0.15, -0.1) is 0 Å². The van der Waals surface area contributed by atoms with Gasteiger partial charge in [0.05, 0.1) is 17.2 Å². The van der Waals surface area contributed by atoms with E-state index in [1.807, 2.05) is 13.8 Å². The highest BCUT2D eigenvalue weighted by atomic mass is 16.5. The Morgan fingerprint density at radius 2 is 2.06 bits per heavy atom. The number of hydrogen-bond acceptors (Lipinski definition) is 3. The van der Waals surface area contributed by atoms with Crippen LogP contribution in [-0.4, -0.2) is 23.5 Å². The van der Waals surface area contributed by atoms with Gasteiger partial charge in [0, 0.05) is 0 Å². The van der Waals surface area contributed by atoms with Crippen LogP contribution in [0.3, 0.4) is 0 Å². The van der Waals surface area contributed by atoms with Gasteiger partial charge in [-0.1, -0.05) is 0 Å². The van der Waals surface area contributed by atoms with Gasteiger partial charge < -0.3 is 9.84 Å². The lowest BCUT2D eigenvalue weighted by molar-refractivity contribution is 0.0696. The Morgan fingerprint density at radius 3 is 2.50 bits per heavy atom. The lowest BCUT2D eigenvalue weighted by Crippen LogP contribution is -2.10. The van der Waals surface area contributed by atoms with E-state index in [1.165, 1.54) is 12.1 Å². The van der Waals surface area contributed by atoms with Crippen molar-refractivity contribution < 1.29 is 19.4 Å². The summed E-state index contributed by atoms with van der Waals surface area (Å²) in [6.07, 6.45) is 0.546. The molecule has 1 N–H and O–H groups in total. The third-order valence-corrected chi connectivity index (χ3v) is 2.03. The minimum atomic E-state index is -1.05. The molecule has 86 valence electrons. The summed E-state index contributed by atoms with van der Waals surface area (Å²) in [5.41, 5.74) is 1.01. The molecule has 0 saturated heterocycles. The van der Waals surface area contributed by atoms with Crippen LogP contribution < -0.4 is 4.74 Å². The molecule has 16 heavy (non-hydrogen) atoms. The monoisotopic (exact) mass is 222 g/mol. The third kappa shape index (κ3) is 2.59. The van der Waals surface area contributed by atoms with Crippen molar-refractivity contribution in [1.82, 2.24) is 0 Å². The zero-order chi connectivity index (χ0) is 12.3. The number of carboxylic acid groups (broad SMARTS) is 1. The first-order valence-electron chi connectivity index (χ1n) is 4.95. The van der Waals surface area contributed by atoms with Gasteiger partial charge in [0.25, 0.3) is 0 Å². The first kappa shape index (κ1) is 12.2. The van der Waals surface area contributed by atoms with E-state index in [0.29, 0.717) is 17.6 Å². The number of benzene rings is 1. The summed E-state index contributed by atoms with van der Waals surface area (Å²) >= 11 is 0. The van der Waals surface area contributed by atoms with Crippen molar-refractivity contribution in [2.45, 2.75) is 26.9 Å². The number of carboxylic acids is 1. The van der Waals surface area contributed by atoms with Crippen LogP contribution in [-0.2, 0) is 0 Å². The lowest BCUT2D eigenvalue weighted by atomic mass is 10.1. The van der Waals surface area contributed by atoms with Gasteiger partial charge in [-0.2, -0.15) is 0 Å². The Hall–Kier alpha value is -1.84. The third-order valence-electron chi connectivity index (χ3n) is 2.03. The fourth-order valence-corrected chi connectivity index (χ4v) is 1.41. The first-order chi connectivity index (χ1) is 7.45. The average Bonchev–Trinajstić information content (AvgIpc) is 2.19. The van der Waals surface area contributed by atoms with Crippen LogP contribution in [0.5, 0.6) is 5.75 Å². The van der Waals surface area contributed by atoms with Gasteiger partial charge in [-0.25, -0.2) is 4.79 Å². The van der Waals surface area contributed by atoms with Crippen molar-refractivity contribution in [1.29, 1.82) is 0 Å². The second kappa shape index (κ2) is 4.79. The summed E-state index contributed by atoms with van der Waals surface area (Å²) < 4.78 is 5.48. The van der Waals surface area contributed by atoms with E-state index in [0.717, 1.165) is 0 Å². The van der Waals surface area contributed by atoms with Gasteiger partial charge in [0.2, 0.25) is 0 Å². The van der Waals surface area contributed by atoms with Crippen LogP contribution in [0.2, 0.25) is 0 Å². The van der Waals surface area contributed by atoms with E-state index in [2.05, 4.69) is 0 Å². The van der Waals surface area contributed by atoms with Gasteiger partial charge in [-0.05, 0) is 38.5 Å². The molecule has 4 nitrogen and oxygen atoms in total. The lowest BCUT2D eigenvalue weighted by Gasteiger charge is -2.14. The number of carbonyl (C=O) groups excluding carboxylic acids is 1. The SMILES string of the molecule is Cc1cc(C(=O)O)cc(C=O)c1OC(C)C. The van der Waals surface area contributed by atoms with Crippen LogP contribution in [0.1, 0.15) is 40.1 Å². The molecule has 0 saturated carbocycles. The number of aryl methyl sites for hydroxylation is 1. The molecule has 0 spiro atoms. The van der Waals surface area contributed by atoms with Gasteiger partial charge in [0.1, 0.15) is 5.75 Å². The van der Waals surface area contributed by atoms with Crippen molar-refractivity contribution in [3.8, 4) is 5.75 Å². The molecule has 0 aliphatic carbocycles. The molecule has 0 fully saturated rings. The zero-order valence-corrected chi connectivity index (χ0v) is 9.48. The quantitative estimate of drug-likeness (QED) is 0.794. The zero-order valence-electron chi connectivity index (χ0n) is 9.48. The van der Waals surface area contributed by atoms with E-state index in [4.69, 9.17) is 9.84 Å². The van der Waals surface area contributed by atoms with Crippen LogP contribution in [0.25, 0.3) is 0 Å². The molecule has 0 atom stereocenters. The normalized spacial score (nSPS) is 10.2. The Morgan fingerprint density at radius 1 is 1.44 bits per heavy atom. The number of hydrogen-bond donors (Lipinski definition) is 1. The summed E-state index contributed by atoms with van der Waals surface area (Å²) in [6.45, 7) is 5.41. The van der Waals surface area contributed by atoms with Crippen LogP contribution in [0.15, 0.2) is 12.1 Å². The predicted molar refractivity (Wildman–Crippen MR) is 59.3 cm³/mol. The highest BCUT2D eigenvalue weighted by Crippen LogP contribution is 2.25. The van der Waals surface area contributed by atoms with Crippen molar-refractivity contribution in [3.05, 3.63) is 28.8 Å². The topological polar surface area (TPSA) is 63.6 Å². The smallest absolute Gasteiger partial charge is 0.335 e. The number of ether oxygens (including phenoxy) is 1. The van der Waals surface area contributed by atoms with Crippen molar-refractivity contribution >= 4 is 12.3 Å². The van der Waals surface area contributed by atoms with Crippen molar-refractivity contribution in [2.75, 3.05) is 0 Å². The summed E-state index contributed by atoms with van der Waals surface area (Å²) in [7, 11) is 0. The van der Waals surface area contributed by atoms with Crippen LogP contribution in [0, 0.1) is 6.92 Å². The Labute approximate surface area is 93.9 Å². The minimum Gasteiger partial charge on any atom is -0.490 e. The number of carbonyl (C=O) groups is 2. The van der Waals surface area contributed by atoms with E-state index < -0.39 is 5.97 Å². The fourth-order valence-electron chi connectivity index (χ4n) is 1.41. The number of aromatic carboxylic acids is 1. The maximum atomic E-state index is 10.9. The maximum absolute atomic E-state index is 10.9. The highest BCUT2D eigenvalue weighted by Gasteiger charge is 2.13. The second-order valence-electron chi connectivity index (χ2n) is 3.80. The highest BCUT2D eigenvalue weighted by molar-refractivity contribution is 5.92. The molecule has 0 radical (unpaired) electrons. The molecule has 0 aliphatic heterocycles.